The van der Waals surface area contributed by atoms with Crippen LogP contribution >= 0.6 is 23.2 Å². The smallest absolute Gasteiger partial charge is 0.222 e. The molecule has 0 fully saturated rings. The molecule has 0 aromatic rings. The van der Waals surface area contributed by atoms with Gasteiger partial charge in [-0.15, -0.1) is 23.2 Å². The van der Waals surface area contributed by atoms with Gasteiger partial charge in [0.2, 0.25) is 11.8 Å². The monoisotopic (exact) mass is 226 g/mol. The highest BCUT2D eigenvalue weighted by molar-refractivity contribution is 6.19. The first-order valence-electron chi connectivity index (χ1n) is 3.86. The van der Waals surface area contributed by atoms with Crippen molar-refractivity contribution < 1.29 is 9.59 Å². The molecule has 2 N–H and O–H groups in total. The molecule has 0 bridgehead atoms. The minimum atomic E-state index is -0.179. The second-order valence-electron chi connectivity index (χ2n) is 2.25. The van der Waals surface area contributed by atoms with Crippen molar-refractivity contribution in [2.75, 3.05) is 18.4 Å². The largest absolute Gasteiger partial charge is 0.339 e. The zero-order chi connectivity index (χ0) is 10.1. The first-order valence-corrected chi connectivity index (χ1v) is 4.93. The third kappa shape index (κ3) is 7.87. The van der Waals surface area contributed by atoms with Crippen LogP contribution in [0, 0.1) is 0 Å². The van der Waals surface area contributed by atoms with Crippen LogP contribution in [0.4, 0.5) is 0 Å². The van der Waals surface area contributed by atoms with E-state index in [-0.39, 0.29) is 43.1 Å². The maximum absolute atomic E-state index is 10.8. The molecule has 13 heavy (non-hydrogen) atoms. The van der Waals surface area contributed by atoms with Crippen LogP contribution < -0.4 is 10.6 Å². The number of hydrogen-bond donors (Lipinski definition) is 2. The van der Waals surface area contributed by atoms with E-state index in [1.807, 2.05) is 0 Å². The van der Waals surface area contributed by atoms with Crippen LogP contribution in [0.2, 0.25) is 0 Å². The van der Waals surface area contributed by atoms with Gasteiger partial charge in [0, 0.05) is 24.6 Å². The van der Waals surface area contributed by atoms with E-state index >= 15 is 0 Å². The van der Waals surface area contributed by atoms with E-state index in [2.05, 4.69) is 10.6 Å². The van der Waals surface area contributed by atoms with Crippen LogP contribution in [0.5, 0.6) is 0 Å². The molecule has 0 aromatic heterocycles. The maximum Gasteiger partial charge on any atom is 0.222 e. The lowest BCUT2D eigenvalue weighted by molar-refractivity contribution is -0.122. The summed E-state index contributed by atoms with van der Waals surface area (Å²) < 4.78 is 0. The van der Waals surface area contributed by atoms with Gasteiger partial charge in [0.15, 0.2) is 0 Å². The van der Waals surface area contributed by atoms with Gasteiger partial charge in [-0.25, -0.2) is 0 Å². The van der Waals surface area contributed by atoms with Crippen molar-refractivity contribution in [3.05, 3.63) is 0 Å². The summed E-state index contributed by atoms with van der Waals surface area (Å²) in [4.78, 5) is 21.6. The van der Waals surface area contributed by atoms with Crippen LogP contribution in [0.15, 0.2) is 0 Å². The number of rotatable bonds is 6. The molecule has 0 radical (unpaired) electrons. The molecule has 0 spiro atoms. The summed E-state index contributed by atoms with van der Waals surface area (Å²) in [5, 5.41) is 4.95. The second-order valence-corrected chi connectivity index (χ2v) is 3.01. The number of carbonyl (C=O) groups excluding carboxylic acids is 2. The van der Waals surface area contributed by atoms with Crippen LogP contribution in [-0.2, 0) is 9.59 Å². The fourth-order valence-electron chi connectivity index (χ4n) is 0.590. The molecule has 4 nitrogen and oxygen atoms in total. The summed E-state index contributed by atoms with van der Waals surface area (Å²) >= 11 is 10.6. The minimum Gasteiger partial charge on any atom is -0.339 e. The van der Waals surface area contributed by atoms with Crippen LogP contribution in [0.3, 0.4) is 0 Å². The van der Waals surface area contributed by atoms with E-state index in [1.165, 1.54) is 0 Å². The Kier molecular flexibility index (Phi) is 7.83. The molecular weight excluding hydrogens is 215 g/mol. The zero-order valence-electron chi connectivity index (χ0n) is 7.11. The number of nitrogens with one attached hydrogen (secondary N) is 2. The molecule has 0 unspecified atom stereocenters. The van der Waals surface area contributed by atoms with Gasteiger partial charge in [0.1, 0.15) is 0 Å². The Morgan fingerprint density at radius 2 is 1.31 bits per heavy atom. The average Bonchev–Trinajstić information content (AvgIpc) is 2.05. The van der Waals surface area contributed by atoms with Crippen molar-refractivity contribution in [3.8, 4) is 0 Å². The Labute approximate surface area is 87.0 Å². The van der Waals surface area contributed by atoms with Crippen molar-refractivity contribution >= 4 is 35.0 Å². The van der Waals surface area contributed by atoms with Gasteiger partial charge in [-0.3, -0.25) is 9.59 Å². The highest BCUT2D eigenvalue weighted by atomic mass is 35.5. The Hall–Kier alpha value is -0.480. The molecule has 2 amide bonds. The standard InChI is InChI=1S/C7H12Cl2N2O2/c8-3-1-6(12)10-5-11-7(13)2-4-9/h1-5H2,(H,10,12)(H,11,13). The van der Waals surface area contributed by atoms with E-state index in [0.29, 0.717) is 0 Å². The normalized spacial score (nSPS) is 9.38. The molecule has 0 heterocycles. The fourth-order valence-corrected chi connectivity index (χ4v) is 0.933. The molecular formula is C7H12Cl2N2O2. The van der Waals surface area contributed by atoms with E-state index in [4.69, 9.17) is 23.2 Å². The van der Waals surface area contributed by atoms with Crippen molar-refractivity contribution in [1.29, 1.82) is 0 Å². The lowest BCUT2D eigenvalue weighted by Crippen LogP contribution is -2.37. The van der Waals surface area contributed by atoms with E-state index in [9.17, 15) is 9.59 Å². The molecule has 0 rings (SSSR count). The summed E-state index contributed by atoms with van der Waals surface area (Å²) in [7, 11) is 0. The van der Waals surface area contributed by atoms with Crippen molar-refractivity contribution in [1.82, 2.24) is 10.6 Å². The van der Waals surface area contributed by atoms with Gasteiger partial charge < -0.3 is 10.6 Å². The summed E-state index contributed by atoms with van der Waals surface area (Å²) in [5.41, 5.74) is 0. The topological polar surface area (TPSA) is 58.2 Å². The Morgan fingerprint density at radius 1 is 0.923 bits per heavy atom. The van der Waals surface area contributed by atoms with Crippen molar-refractivity contribution in [3.63, 3.8) is 0 Å². The second kappa shape index (κ2) is 8.13. The van der Waals surface area contributed by atoms with E-state index in [1.54, 1.807) is 0 Å². The first-order chi connectivity index (χ1) is 6.20. The predicted octanol–water partition coefficient (Wildman–Crippen LogP) is 0.434. The Bertz CT molecular complexity index is 158. The highest BCUT2D eigenvalue weighted by Gasteiger charge is 2.00. The Balaban J connectivity index is 3.33. The quantitative estimate of drug-likeness (QED) is 0.510. The van der Waals surface area contributed by atoms with Gasteiger partial charge in [0.25, 0.3) is 0 Å². The molecule has 6 heteroatoms. The van der Waals surface area contributed by atoms with Gasteiger partial charge in [-0.1, -0.05) is 0 Å². The van der Waals surface area contributed by atoms with E-state index in [0.717, 1.165) is 0 Å². The van der Waals surface area contributed by atoms with Crippen LogP contribution in [0.25, 0.3) is 0 Å². The van der Waals surface area contributed by atoms with Crippen LogP contribution in [0.1, 0.15) is 12.8 Å². The molecule has 0 aliphatic heterocycles. The molecule has 0 aliphatic carbocycles. The number of halogens is 2. The fraction of sp³-hybridized carbons (Fsp3) is 0.714. The molecule has 0 atom stereocenters. The third-order valence-corrected chi connectivity index (χ3v) is 1.59. The summed E-state index contributed by atoms with van der Waals surface area (Å²) in [6.07, 6.45) is 0.514. The lowest BCUT2D eigenvalue weighted by Gasteiger charge is -2.05. The van der Waals surface area contributed by atoms with Gasteiger partial charge in [-0.2, -0.15) is 0 Å². The number of carbonyl (C=O) groups is 2. The first kappa shape index (κ1) is 12.5. The van der Waals surface area contributed by atoms with Crippen LogP contribution in [-0.4, -0.2) is 30.2 Å². The summed E-state index contributed by atoms with van der Waals surface area (Å²) in [6, 6.07) is 0. The van der Waals surface area contributed by atoms with Gasteiger partial charge in [-0.05, 0) is 0 Å². The minimum absolute atomic E-state index is 0.130. The average molecular weight is 227 g/mol. The summed E-state index contributed by atoms with van der Waals surface area (Å²) in [6.45, 7) is 0.130. The SMILES string of the molecule is O=C(CCCl)NCNC(=O)CCCl. The Morgan fingerprint density at radius 3 is 1.62 bits per heavy atom. The molecule has 0 saturated carbocycles. The lowest BCUT2D eigenvalue weighted by atomic mass is 10.4. The number of amides is 2. The summed E-state index contributed by atoms with van der Waals surface area (Å²) in [5.74, 6) is 0.200. The van der Waals surface area contributed by atoms with Gasteiger partial charge in [0.05, 0.1) is 6.67 Å². The van der Waals surface area contributed by atoms with Crippen molar-refractivity contribution in [2.45, 2.75) is 12.8 Å². The number of alkyl halides is 2. The molecule has 0 aromatic carbocycles. The maximum atomic E-state index is 10.8. The predicted molar refractivity (Wildman–Crippen MR) is 51.8 cm³/mol. The molecule has 76 valence electrons. The zero-order valence-corrected chi connectivity index (χ0v) is 8.62. The third-order valence-electron chi connectivity index (χ3n) is 1.21. The highest BCUT2D eigenvalue weighted by Crippen LogP contribution is 1.84. The molecule has 0 saturated heterocycles. The van der Waals surface area contributed by atoms with E-state index < -0.39 is 0 Å². The number of hydrogen-bond acceptors (Lipinski definition) is 2. The van der Waals surface area contributed by atoms with Gasteiger partial charge >= 0.3 is 0 Å². The van der Waals surface area contributed by atoms with Crippen molar-refractivity contribution in [2.24, 2.45) is 0 Å². The molecule has 0 aliphatic rings.